The zero-order valence-electron chi connectivity index (χ0n) is 19.2. The summed E-state index contributed by atoms with van der Waals surface area (Å²) in [7, 11) is 1.63. The summed E-state index contributed by atoms with van der Waals surface area (Å²) in [4.78, 5) is 28.1. The number of ether oxygens (including phenoxy) is 1. The summed E-state index contributed by atoms with van der Waals surface area (Å²) in [6, 6.07) is 15.4. The Morgan fingerprint density at radius 3 is 2.59 bits per heavy atom. The molecule has 1 aliphatic heterocycles. The molecule has 0 saturated heterocycles. The van der Waals surface area contributed by atoms with Crippen molar-refractivity contribution in [3.8, 4) is 5.75 Å². The average molecular weight is 434 g/mol. The van der Waals surface area contributed by atoms with Gasteiger partial charge in [-0.2, -0.15) is 0 Å². The third-order valence-corrected chi connectivity index (χ3v) is 6.27. The average Bonchev–Trinajstić information content (AvgIpc) is 2.86. The molecule has 0 fully saturated rings. The highest BCUT2D eigenvalue weighted by Crippen LogP contribution is 2.43. The number of hydrogen-bond donors (Lipinski definition) is 2. The summed E-state index contributed by atoms with van der Waals surface area (Å²) in [5.74, 6) is 0.856. The molecule has 6 heteroatoms. The van der Waals surface area contributed by atoms with Crippen LogP contribution in [0.1, 0.15) is 39.2 Å². The second-order valence-corrected chi connectivity index (χ2v) is 9.40. The largest absolute Gasteiger partial charge is 0.497 e. The number of fused-ring (bicyclic) bond motifs is 1. The van der Waals surface area contributed by atoms with E-state index < -0.39 is 0 Å². The van der Waals surface area contributed by atoms with Crippen molar-refractivity contribution < 1.29 is 14.3 Å². The molecule has 0 unspecified atom stereocenters. The molecule has 1 aliphatic carbocycles. The van der Waals surface area contributed by atoms with E-state index in [2.05, 4.69) is 24.5 Å². The van der Waals surface area contributed by atoms with E-state index in [0.717, 1.165) is 40.4 Å². The SMILES string of the molecule is COc1ccc(CNC(=O)CN2c3ccccc3NC3=C(C(=O)CC(C)(C)C3)[C@@H]2C)cc1. The van der Waals surface area contributed by atoms with Crippen LogP contribution in [0.3, 0.4) is 0 Å². The van der Waals surface area contributed by atoms with Crippen LogP contribution in [0, 0.1) is 5.41 Å². The van der Waals surface area contributed by atoms with E-state index in [-0.39, 0.29) is 29.7 Å². The van der Waals surface area contributed by atoms with E-state index >= 15 is 0 Å². The van der Waals surface area contributed by atoms with Gasteiger partial charge in [-0.05, 0) is 48.6 Å². The Balaban J connectivity index is 1.56. The van der Waals surface area contributed by atoms with E-state index in [9.17, 15) is 9.59 Å². The first-order valence-corrected chi connectivity index (χ1v) is 11.1. The first-order valence-electron chi connectivity index (χ1n) is 11.1. The molecule has 1 heterocycles. The Labute approximate surface area is 189 Å². The molecule has 168 valence electrons. The standard InChI is InChI=1S/C26H31N3O3/c1-17-25-21(13-26(2,3)14-23(25)30)28-20-7-5-6-8-22(20)29(17)16-24(31)27-15-18-9-11-19(32-4)12-10-18/h5-12,17,28H,13-16H2,1-4H3,(H,27,31)/t17-/m0/s1. The van der Waals surface area contributed by atoms with Crippen LogP contribution >= 0.6 is 0 Å². The van der Waals surface area contributed by atoms with Crippen molar-refractivity contribution in [3.63, 3.8) is 0 Å². The van der Waals surface area contributed by atoms with Crippen LogP contribution < -0.4 is 20.3 Å². The zero-order chi connectivity index (χ0) is 22.9. The van der Waals surface area contributed by atoms with Gasteiger partial charge in [0.2, 0.25) is 5.91 Å². The zero-order valence-corrected chi connectivity index (χ0v) is 19.2. The number of benzene rings is 2. The molecule has 6 nitrogen and oxygen atoms in total. The van der Waals surface area contributed by atoms with Crippen molar-refractivity contribution in [2.45, 2.75) is 46.2 Å². The van der Waals surface area contributed by atoms with E-state index in [1.807, 2.05) is 60.4 Å². The molecule has 0 spiro atoms. The molecule has 2 aliphatic rings. The van der Waals surface area contributed by atoms with Crippen LogP contribution in [0.4, 0.5) is 11.4 Å². The Hall–Kier alpha value is -3.28. The highest BCUT2D eigenvalue weighted by atomic mass is 16.5. The van der Waals surface area contributed by atoms with E-state index in [4.69, 9.17) is 4.74 Å². The van der Waals surface area contributed by atoms with E-state index in [0.29, 0.717) is 13.0 Å². The van der Waals surface area contributed by atoms with E-state index in [1.54, 1.807) is 7.11 Å². The molecule has 2 aromatic carbocycles. The Kier molecular flexibility index (Phi) is 5.96. The van der Waals surface area contributed by atoms with Crippen LogP contribution in [-0.2, 0) is 16.1 Å². The van der Waals surface area contributed by atoms with Gasteiger partial charge in [-0.25, -0.2) is 0 Å². The minimum absolute atomic E-state index is 0.0809. The smallest absolute Gasteiger partial charge is 0.239 e. The summed E-state index contributed by atoms with van der Waals surface area (Å²) in [5, 5.41) is 6.53. The van der Waals surface area contributed by atoms with Gasteiger partial charge in [0.15, 0.2) is 5.78 Å². The molecule has 1 amide bonds. The lowest BCUT2D eigenvalue weighted by Crippen LogP contribution is -2.44. The third kappa shape index (κ3) is 4.49. The van der Waals surface area contributed by atoms with Crippen molar-refractivity contribution >= 4 is 23.1 Å². The summed E-state index contributed by atoms with van der Waals surface area (Å²) < 4.78 is 5.19. The molecule has 4 rings (SSSR count). The van der Waals surface area contributed by atoms with Crippen LogP contribution in [0.2, 0.25) is 0 Å². The molecule has 0 bridgehead atoms. The number of Topliss-reactive ketones (excluding diaryl/α,β-unsaturated/α-hetero) is 1. The molecular formula is C26H31N3O3. The summed E-state index contributed by atoms with van der Waals surface area (Å²) in [6.45, 7) is 6.88. The number of hydrogen-bond acceptors (Lipinski definition) is 5. The normalized spacial score (nSPS) is 19.4. The molecular weight excluding hydrogens is 402 g/mol. The monoisotopic (exact) mass is 433 g/mol. The highest BCUT2D eigenvalue weighted by Gasteiger charge is 2.39. The maximum atomic E-state index is 13.1. The first-order chi connectivity index (χ1) is 15.3. The molecule has 2 aromatic rings. The first kappa shape index (κ1) is 21.9. The lowest BCUT2D eigenvalue weighted by atomic mass is 9.74. The molecule has 2 N–H and O–H groups in total. The highest BCUT2D eigenvalue weighted by molar-refractivity contribution is 6.01. The number of anilines is 2. The van der Waals surface area contributed by atoms with Gasteiger partial charge in [0.25, 0.3) is 0 Å². The number of methoxy groups -OCH3 is 1. The van der Waals surface area contributed by atoms with Crippen molar-refractivity contribution in [1.29, 1.82) is 0 Å². The second kappa shape index (κ2) is 8.69. The minimum atomic E-state index is -0.198. The van der Waals surface area contributed by atoms with Gasteiger partial charge in [0.05, 0.1) is 31.1 Å². The number of para-hydroxylation sites is 2. The fourth-order valence-corrected chi connectivity index (χ4v) is 4.66. The number of rotatable bonds is 5. The van der Waals surface area contributed by atoms with Crippen molar-refractivity contribution in [3.05, 3.63) is 65.4 Å². The lowest BCUT2D eigenvalue weighted by Gasteiger charge is -2.36. The number of amides is 1. The van der Waals surface area contributed by atoms with Gasteiger partial charge in [0.1, 0.15) is 5.75 Å². The Morgan fingerprint density at radius 1 is 1.16 bits per heavy atom. The van der Waals surface area contributed by atoms with Gasteiger partial charge in [0, 0.05) is 24.2 Å². The van der Waals surface area contributed by atoms with Crippen LogP contribution in [0.5, 0.6) is 5.75 Å². The molecule has 0 aromatic heterocycles. The number of nitrogens with one attached hydrogen (secondary N) is 2. The van der Waals surface area contributed by atoms with Gasteiger partial charge >= 0.3 is 0 Å². The number of allylic oxidation sites excluding steroid dienone is 1. The number of nitrogens with zero attached hydrogens (tertiary/aromatic N) is 1. The summed E-state index contributed by atoms with van der Waals surface area (Å²) in [6.07, 6.45) is 1.33. The Morgan fingerprint density at radius 2 is 1.88 bits per heavy atom. The van der Waals surface area contributed by atoms with Gasteiger partial charge in [-0.1, -0.05) is 38.1 Å². The fraction of sp³-hybridized carbons (Fsp3) is 0.385. The molecule has 1 atom stereocenters. The third-order valence-electron chi connectivity index (χ3n) is 6.27. The van der Waals surface area contributed by atoms with Crippen LogP contribution in [0.25, 0.3) is 0 Å². The maximum Gasteiger partial charge on any atom is 0.239 e. The molecule has 32 heavy (non-hydrogen) atoms. The molecule has 0 radical (unpaired) electrons. The summed E-state index contributed by atoms with van der Waals surface area (Å²) >= 11 is 0. The summed E-state index contributed by atoms with van der Waals surface area (Å²) in [5.41, 5.74) is 4.55. The number of carbonyl (C=O) groups excluding carboxylic acids is 2. The van der Waals surface area contributed by atoms with Crippen LogP contribution in [0.15, 0.2) is 59.8 Å². The number of ketones is 1. The topological polar surface area (TPSA) is 70.7 Å². The predicted octanol–water partition coefficient (Wildman–Crippen LogP) is 4.28. The fourth-order valence-electron chi connectivity index (χ4n) is 4.66. The number of carbonyl (C=O) groups is 2. The van der Waals surface area contributed by atoms with Gasteiger partial charge in [-0.3, -0.25) is 9.59 Å². The van der Waals surface area contributed by atoms with Crippen LogP contribution in [-0.4, -0.2) is 31.4 Å². The van der Waals surface area contributed by atoms with Gasteiger partial charge < -0.3 is 20.3 Å². The Bertz CT molecular complexity index is 1060. The molecule has 0 saturated carbocycles. The van der Waals surface area contributed by atoms with Gasteiger partial charge in [-0.15, -0.1) is 0 Å². The second-order valence-electron chi connectivity index (χ2n) is 9.40. The van der Waals surface area contributed by atoms with Crippen molar-refractivity contribution in [2.24, 2.45) is 5.41 Å². The minimum Gasteiger partial charge on any atom is -0.497 e. The predicted molar refractivity (Wildman–Crippen MR) is 127 cm³/mol. The quantitative estimate of drug-likeness (QED) is 0.737. The van der Waals surface area contributed by atoms with E-state index in [1.165, 1.54) is 0 Å². The van der Waals surface area contributed by atoms with Crippen molar-refractivity contribution in [2.75, 3.05) is 23.9 Å². The lowest BCUT2D eigenvalue weighted by molar-refractivity contribution is -0.120. The maximum absolute atomic E-state index is 13.1. The van der Waals surface area contributed by atoms with Crippen molar-refractivity contribution in [1.82, 2.24) is 5.32 Å².